The molecule has 0 N–H and O–H groups in total. The molecule has 1 heterocycles. The topological polar surface area (TPSA) is 16.1 Å². The fourth-order valence-corrected chi connectivity index (χ4v) is 2.56. The highest BCUT2D eigenvalue weighted by Gasteiger charge is 2.14. The minimum Gasteiger partial charge on any atom is -0.371 e. The number of hydrogen-bond donors (Lipinski definition) is 0. The number of aromatic nitrogens is 1. The number of hydrogen-bond acceptors (Lipinski definition) is 2. The van der Waals surface area contributed by atoms with Gasteiger partial charge in [-0.25, -0.2) is 4.39 Å². The van der Waals surface area contributed by atoms with E-state index in [-0.39, 0.29) is 5.82 Å². The minimum atomic E-state index is -0.187. The SMILES string of the molecule is CCCCN(CCCC)c1cc(F)ccc1-c1ccccn1. The van der Waals surface area contributed by atoms with Crippen LogP contribution in [0.1, 0.15) is 39.5 Å². The molecule has 0 atom stereocenters. The Morgan fingerprint density at radius 3 is 2.32 bits per heavy atom. The van der Waals surface area contributed by atoms with Gasteiger partial charge in [0.25, 0.3) is 0 Å². The van der Waals surface area contributed by atoms with Crippen LogP contribution >= 0.6 is 0 Å². The lowest BCUT2D eigenvalue weighted by molar-refractivity contribution is 0.623. The molecule has 0 fully saturated rings. The second kappa shape index (κ2) is 8.52. The molecule has 0 saturated carbocycles. The quantitative estimate of drug-likeness (QED) is 0.658. The highest BCUT2D eigenvalue weighted by Crippen LogP contribution is 2.31. The van der Waals surface area contributed by atoms with Crippen LogP contribution in [-0.2, 0) is 0 Å². The first kappa shape index (κ1) is 16.5. The Labute approximate surface area is 133 Å². The highest BCUT2D eigenvalue weighted by atomic mass is 19.1. The summed E-state index contributed by atoms with van der Waals surface area (Å²) in [5.74, 6) is -0.187. The average molecular weight is 300 g/mol. The maximum atomic E-state index is 13.8. The van der Waals surface area contributed by atoms with Crippen LogP contribution in [-0.4, -0.2) is 18.1 Å². The molecule has 0 aliphatic heterocycles. The third-order valence-electron chi connectivity index (χ3n) is 3.80. The van der Waals surface area contributed by atoms with Crippen molar-refractivity contribution in [2.45, 2.75) is 39.5 Å². The van der Waals surface area contributed by atoms with Crippen molar-refractivity contribution >= 4 is 5.69 Å². The molecule has 0 saturated heterocycles. The predicted molar refractivity (Wildman–Crippen MR) is 91.7 cm³/mol. The van der Waals surface area contributed by atoms with Gasteiger partial charge < -0.3 is 4.90 Å². The molecule has 118 valence electrons. The van der Waals surface area contributed by atoms with Gasteiger partial charge in [0.15, 0.2) is 0 Å². The van der Waals surface area contributed by atoms with Crippen molar-refractivity contribution in [3.8, 4) is 11.3 Å². The van der Waals surface area contributed by atoms with E-state index < -0.39 is 0 Å². The molecule has 3 heteroatoms. The summed E-state index contributed by atoms with van der Waals surface area (Å²) in [4.78, 5) is 6.74. The summed E-state index contributed by atoms with van der Waals surface area (Å²) in [7, 11) is 0. The van der Waals surface area contributed by atoms with Crippen LogP contribution in [0.5, 0.6) is 0 Å². The summed E-state index contributed by atoms with van der Waals surface area (Å²) in [6.07, 6.45) is 6.28. The monoisotopic (exact) mass is 300 g/mol. The number of nitrogens with zero attached hydrogens (tertiary/aromatic N) is 2. The zero-order valence-electron chi connectivity index (χ0n) is 13.6. The van der Waals surface area contributed by atoms with E-state index in [0.717, 1.165) is 55.7 Å². The summed E-state index contributed by atoms with van der Waals surface area (Å²) < 4.78 is 13.8. The molecule has 0 unspecified atom stereocenters. The molecule has 0 spiro atoms. The van der Waals surface area contributed by atoms with E-state index >= 15 is 0 Å². The lowest BCUT2D eigenvalue weighted by atomic mass is 10.1. The molecule has 0 bridgehead atoms. The average Bonchev–Trinajstić information content (AvgIpc) is 2.56. The molecular weight excluding hydrogens is 275 g/mol. The minimum absolute atomic E-state index is 0.187. The Bertz CT molecular complexity index is 561. The van der Waals surface area contributed by atoms with Crippen LogP contribution in [0.15, 0.2) is 42.6 Å². The van der Waals surface area contributed by atoms with E-state index in [1.165, 1.54) is 6.07 Å². The van der Waals surface area contributed by atoms with Gasteiger partial charge in [0.2, 0.25) is 0 Å². The van der Waals surface area contributed by atoms with Crippen LogP contribution < -0.4 is 4.90 Å². The first-order valence-electron chi connectivity index (χ1n) is 8.22. The molecule has 1 aromatic heterocycles. The molecule has 2 aromatic rings. The highest BCUT2D eigenvalue weighted by molar-refractivity contribution is 5.76. The van der Waals surface area contributed by atoms with Gasteiger partial charge in [-0.2, -0.15) is 0 Å². The second-order valence-electron chi connectivity index (χ2n) is 5.57. The molecule has 0 amide bonds. The van der Waals surface area contributed by atoms with E-state index in [9.17, 15) is 4.39 Å². The largest absolute Gasteiger partial charge is 0.371 e. The maximum Gasteiger partial charge on any atom is 0.125 e. The van der Waals surface area contributed by atoms with Crippen molar-refractivity contribution < 1.29 is 4.39 Å². The fraction of sp³-hybridized carbons (Fsp3) is 0.421. The number of pyridine rings is 1. The fourth-order valence-electron chi connectivity index (χ4n) is 2.56. The molecule has 22 heavy (non-hydrogen) atoms. The lowest BCUT2D eigenvalue weighted by Crippen LogP contribution is -2.26. The van der Waals surface area contributed by atoms with Crippen molar-refractivity contribution in [1.29, 1.82) is 0 Å². The van der Waals surface area contributed by atoms with Gasteiger partial charge in [0.1, 0.15) is 5.82 Å². The van der Waals surface area contributed by atoms with E-state index in [4.69, 9.17) is 0 Å². The Morgan fingerprint density at radius 1 is 1.00 bits per heavy atom. The normalized spacial score (nSPS) is 10.7. The number of unbranched alkanes of at least 4 members (excludes halogenated alkanes) is 2. The molecule has 0 aliphatic rings. The summed E-state index contributed by atoms with van der Waals surface area (Å²) in [5, 5.41) is 0. The van der Waals surface area contributed by atoms with E-state index in [1.807, 2.05) is 24.3 Å². The van der Waals surface area contributed by atoms with Crippen LogP contribution in [0, 0.1) is 5.82 Å². The Morgan fingerprint density at radius 2 is 1.73 bits per heavy atom. The molecular formula is C19H25FN2. The molecule has 1 aromatic carbocycles. The lowest BCUT2D eigenvalue weighted by Gasteiger charge is -2.27. The zero-order chi connectivity index (χ0) is 15.8. The van der Waals surface area contributed by atoms with E-state index in [2.05, 4.69) is 23.7 Å². The molecule has 2 rings (SSSR count). The summed E-state index contributed by atoms with van der Waals surface area (Å²) in [5.41, 5.74) is 2.87. The number of anilines is 1. The molecule has 0 radical (unpaired) electrons. The first-order chi connectivity index (χ1) is 10.8. The zero-order valence-corrected chi connectivity index (χ0v) is 13.6. The summed E-state index contributed by atoms with van der Waals surface area (Å²) in [6, 6.07) is 10.9. The van der Waals surface area contributed by atoms with Gasteiger partial charge in [-0.3, -0.25) is 4.98 Å². The van der Waals surface area contributed by atoms with Gasteiger partial charge in [-0.15, -0.1) is 0 Å². The van der Waals surface area contributed by atoms with Gasteiger partial charge in [0.05, 0.1) is 5.69 Å². The Kier molecular flexibility index (Phi) is 6.38. The summed E-state index contributed by atoms with van der Waals surface area (Å²) in [6.45, 7) is 6.28. The third-order valence-corrected chi connectivity index (χ3v) is 3.80. The smallest absolute Gasteiger partial charge is 0.125 e. The van der Waals surface area contributed by atoms with Crippen molar-refractivity contribution in [3.05, 3.63) is 48.4 Å². The standard InChI is InChI=1S/C19H25FN2/c1-3-5-13-22(14-6-4-2)19-15-16(20)10-11-17(19)18-9-7-8-12-21-18/h7-12,15H,3-6,13-14H2,1-2H3. The van der Waals surface area contributed by atoms with Gasteiger partial charge in [0, 0.05) is 30.5 Å². The van der Waals surface area contributed by atoms with Crippen LogP contribution in [0.4, 0.5) is 10.1 Å². The number of rotatable bonds is 8. The Hall–Kier alpha value is -1.90. The van der Waals surface area contributed by atoms with Crippen molar-refractivity contribution in [2.75, 3.05) is 18.0 Å². The predicted octanol–water partition coefficient (Wildman–Crippen LogP) is 5.29. The van der Waals surface area contributed by atoms with Crippen molar-refractivity contribution in [3.63, 3.8) is 0 Å². The number of benzene rings is 1. The third kappa shape index (κ3) is 4.30. The van der Waals surface area contributed by atoms with Crippen LogP contribution in [0.2, 0.25) is 0 Å². The van der Waals surface area contributed by atoms with Crippen molar-refractivity contribution in [1.82, 2.24) is 4.98 Å². The maximum absolute atomic E-state index is 13.8. The van der Waals surface area contributed by atoms with Crippen LogP contribution in [0.3, 0.4) is 0 Å². The van der Waals surface area contributed by atoms with E-state index in [1.54, 1.807) is 12.3 Å². The molecule has 2 nitrogen and oxygen atoms in total. The van der Waals surface area contributed by atoms with Gasteiger partial charge in [-0.05, 0) is 43.2 Å². The van der Waals surface area contributed by atoms with Crippen molar-refractivity contribution in [2.24, 2.45) is 0 Å². The van der Waals surface area contributed by atoms with Gasteiger partial charge in [-0.1, -0.05) is 32.8 Å². The molecule has 0 aliphatic carbocycles. The summed E-state index contributed by atoms with van der Waals surface area (Å²) >= 11 is 0. The van der Waals surface area contributed by atoms with E-state index in [0.29, 0.717) is 0 Å². The second-order valence-corrected chi connectivity index (χ2v) is 5.57. The first-order valence-corrected chi connectivity index (χ1v) is 8.22. The van der Waals surface area contributed by atoms with Gasteiger partial charge >= 0.3 is 0 Å². The number of halogens is 1. The van der Waals surface area contributed by atoms with Crippen LogP contribution in [0.25, 0.3) is 11.3 Å². The Balaban J connectivity index is 2.38.